The molecule has 0 spiro atoms. The van der Waals surface area contributed by atoms with Gasteiger partial charge in [-0.2, -0.15) is 0 Å². The fourth-order valence-corrected chi connectivity index (χ4v) is 7.94. The Kier molecular flexibility index (Phi) is 42.3. The van der Waals surface area contributed by atoms with E-state index in [4.69, 9.17) is 14.2 Å². The largest absolute Gasteiger partial charge is 0.464 e. The average molecular weight is 942 g/mol. The highest BCUT2D eigenvalue weighted by Crippen LogP contribution is 2.18. The van der Waals surface area contributed by atoms with Crippen molar-refractivity contribution in [1.82, 2.24) is 25.3 Å². The quantitative estimate of drug-likeness (QED) is 0.0350. The van der Waals surface area contributed by atoms with Crippen LogP contribution in [0.4, 0.5) is 0 Å². The van der Waals surface area contributed by atoms with Crippen LogP contribution in [-0.4, -0.2) is 138 Å². The summed E-state index contributed by atoms with van der Waals surface area (Å²) in [5.41, 5.74) is 0. The van der Waals surface area contributed by atoms with Crippen molar-refractivity contribution in [3.63, 3.8) is 0 Å². The van der Waals surface area contributed by atoms with Crippen LogP contribution in [0.3, 0.4) is 0 Å². The van der Waals surface area contributed by atoms with E-state index in [0.717, 1.165) is 123 Å². The summed E-state index contributed by atoms with van der Waals surface area (Å²) < 4.78 is 18.2. The van der Waals surface area contributed by atoms with E-state index in [0.29, 0.717) is 32.7 Å². The minimum Gasteiger partial charge on any atom is -0.464 e. The fourth-order valence-electron chi connectivity index (χ4n) is 7.94. The lowest BCUT2D eigenvalue weighted by Gasteiger charge is -2.21. The SMILES string of the molecule is CCCCC/C=C\C/C=C\CCCCCCCCOC(=O)C(CNC(=O)CCCCN1C[C@H](OCCN(C)C)[C@H](OCCN(C)C)C1)NC(=O)CCCCCCC/C=C\C/C=C\CCCCC. The lowest BCUT2D eigenvalue weighted by molar-refractivity contribution is -0.148. The molecule has 11 nitrogen and oxygen atoms in total. The zero-order valence-corrected chi connectivity index (χ0v) is 44.1. The van der Waals surface area contributed by atoms with Gasteiger partial charge in [-0.3, -0.25) is 14.5 Å². The first-order chi connectivity index (χ1) is 32.7. The molecule has 1 unspecified atom stereocenters. The van der Waals surface area contributed by atoms with Crippen LogP contribution < -0.4 is 10.6 Å². The standard InChI is InChI=1S/C56H103N5O6/c1-7-9-11-13-15-17-19-21-23-25-27-29-31-33-35-39-45-67-56(64)51(58-55(63)41-36-34-32-30-28-26-24-22-20-18-16-14-12-10-8-2)48-57-54(62)40-37-38-42-61-49-52(65-46-43-59(3)4)53(50-61)66-47-44-60(5)6/h15-18,21-24,51-53H,7-14,19-20,25-50H2,1-6H3,(H,57,62)(H,58,63)/b17-15-,18-16-,23-21-,24-22-/t51?,52-,53+. The molecular formula is C56H103N5O6. The molecule has 1 heterocycles. The van der Waals surface area contributed by atoms with Crippen molar-refractivity contribution in [2.75, 3.05) is 87.3 Å². The molecule has 1 fully saturated rings. The Morgan fingerprint density at radius 1 is 0.537 bits per heavy atom. The second-order valence-corrected chi connectivity index (χ2v) is 19.3. The molecule has 0 saturated carbocycles. The number of hydrogen-bond donors (Lipinski definition) is 2. The molecular weight excluding hydrogens is 839 g/mol. The third-order valence-electron chi connectivity index (χ3n) is 12.2. The van der Waals surface area contributed by atoms with E-state index in [9.17, 15) is 14.4 Å². The Balaban J connectivity index is 2.49. The van der Waals surface area contributed by atoms with Gasteiger partial charge in [0, 0.05) is 45.6 Å². The maximum absolute atomic E-state index is 13.3. The van der Waals surface area contributed by atoms with Crippen LogP contribution in [0, 0.1) is 0 Å². The van der Waals surface area contributed by atoms with Gasteiger partial charge in [0.25, 0.3) is 0 Å². The van der Waals surface area contributed by atoms with Gasteiger partial charge >= 0.3 is 5.97 Å². The van der Waals surface area contributed by atoms with E-state index in [1.165, 1.54) is 70.6 Å². The molecule has 11 heteroatoms. The molecule has 0 radical (unpaired) electrons. The Morgan fingerprint density at radius 3 is 1.46 bits per heavy atom. The highest BCUT2D eigenvalue weighted by atomic mass is 16.5. The summed E-state index contributed by atoms with van der Waals surface area (Å²) in [5.74, 6) is -0.772. The first kappa shape index (κ1) is 62.2. The first-order valence-electron chi connectivity index (χ1n) is 27.2. The number of likely N-dealkylation sites (N-methyl/N-ethyl adjacent to an activating group) is 2. The van der Waals surface area contributed by atoms with Crippen LogP contribution in [0.15, 0.2) is 48.6 Å². The number of unbranched alkanes of at least 4 members (excludes halogenated alkanes) is 18. The maximum atomic E-state index is 13.3. The minimum atomic E-state index is -0.905. The van der Waals surface area contributed by atoms with Gasteiger partial charge in [-0.05, 0) is 125 Å². The molecule has 1 rings (SSSR count). The number of amides is 2. The van der Waals surface area contributed by atoms with Crippen molar-refractivity contribution < 1.29 is 28.6 Å². The number of likely N-dealkylation sites (tertiary alicyclic amines) is 1. The molecule has 0 aromatic carbocycles. The number of hydrogen-bond acceptors (Lipinski definition) is 9. The van der Waals surface area contributed by atoms with Gasteiger partial charge in [-0.1, -0.05) is 133 Å². The summed E-state index contributed by atoms with van der Waals surface area (Å²) in [6.07, 6.45) is 46.6. The molecule has 1 aliphatic heterocycles. The zero-order chi connectivity index (χ0) is 48.8. The van der Waals surface area contributed by atoms with Crippen molar-refractivity contribution in [3.8, 4) is 0 Å². The van der Waals surface area contributed by atoms with E-state index in [-0.39, 0.29) is 30.6 Å². The lowest BCUT2D eigenvalue weighted by Crippen LogP contribution is -2.49. The van der Waals surface area contributed by atoms with E-state index < -0.39 is 12.0 Å². The number of carbonyl (C=O) groups excluding carboxylic acids is 3. The summed E-state index contributed by atoms with van der Waals surface area (Å²) in [6.45, 7) is 10.4. The number of esters is 1. The van der Waals surface area contributed by atoms with Gasteiger partial charge in [-0.15, -0.1) is 0 Å². The van der Waals surface area contributed by atoms with Gasteiger partial charge in [0.2, 0.25) is 11.8 Å². The predicted octanol–water partition coefficient (Wildman–Crippen LogP) is 11.1. The van der Waals surface area contributed by atoms with Crippen LogP contribution >= 0.6 is 0 Å². The normalized spacial score (nSPS) is 16.2. The van der Waals surface area contributed by atoms with Gasteiger partial charge in [0.15, 0.2) is 0 Å². The molecule has 388 valence electrons. The van der Waals surface area contributed by atoms with E-state index in [2.05, 4.69) is 87.8 Å². The molecule has 0 aromatic rings. The third kappa shape index (κ3) is 39.7. The summed E-state index contributed by atoms with van der Waals surface area (Å²) in [7, 11) is 8.20. The molecule has 2 amide bonds. The second kappa shape index (κ2) is 45.6. The first-order valence-corrected chi connectivity index (χ1v) is 27.2. The van der Waals surface area contributed by atoms with Crippen molar-refractivity contribution in [3.05, 3.63) is 48.6 Å². The van der Waals surface area contributed by atoms with Crippen LogP contribution in [0.2, 0.25) is 0 Å². The third-order valence-corrected chi connectivity index (χ3v) is 12.2. The molecule has 67 heavy (non-hydrogen) atoms. The van der Waals surface area contributed by atoms with Gasteiger partial charge in [-0.25, -0.2) is 4.79 Å². The highest BCUT2D eigenvalue weighted by Gasteiger charge is 2.34. The lowest BCUT2D eigenvalue weighted by atomic mass is 10.1. The minimum absolute atomic E-state index is 0.0271. The van der Waals surface area contributed by atoms with Gasteiger partial charge < -0.3 is 34.6 Å². The summed E-state index contributed by atoms with van der Waals surface area (Å²) in [6, 6.07) is -0.905. The average Bonchev–Trinajstić information content (AvgIpc) is 3.69. The molecule has 0 aliphatic carbocycles. The van der Waals surface area contributed by atoms with Gasteiger partial charge in [0.1, 0.15) is 6.04 Å². The van der Waals surface area contributed by atoms with Crippen molar-refractivity contribution in [2.45, 2.75) is 205 Å². The molecule has 1 aliphatic rings. The summed E-state index contributed by atoms with van der Waals surface area (Å²) in [5, 5.41) is 5.82. The summed E-state index contributed by atoms with van der Waals surface area (Å²) >= 11 is 0. The molecule has 0 bridgehead atoms. The fraction of sp³-hybridized carbons (Fsp3) is 0.804. The van der Waals surface area contributed by atoms with Crippen LogP contribution in [0.5, 0.6) is 0 Å². The second-order valence-electron chi connectivity index (χ2n) is 19.3. The smallest absolute Gasteiger partial charge is 0.330 e. The van der Waals surface area contributed by atoms with Crippen LogP contribution in [0.25, 0.3) is 0 Å². The van der Waals surface area contributed by atoms with Crippen LogP contribution in [-0.2, 0) is 28.6 Å². The van der Waals surface area contributed by atoms with Crippen molar-refractivity contribution in [2.24, 2.45) is 0 Å². The monoisotopic (exact) mass is 942 g/mol. The van der Waals surface area contributed by atoms with E-state index in [1.54, 1.807) is 0 Å². The Morgan fingerprint density at radius 2 is 0.970 bits per heavy atom. The van der Waals surface area contributed by atoms with Crippen molar-refractivity contribution >= 4 is 17.8 Å². The molecule has 2 N–H and O–H groups in total. The van der Waals surface area contributed by atoms with Gasteiger partial charge in [0.05, 0.1) is 32.0 Å². The zero-order valence-electron chi connectivity index (χ0n) is 44.1. The molecule has 3 atom stereocenters. The Bertz CT molecular complexity index is 1280. The maximum Gasteiger partial charge on any atom is 0.330 e. The summed E-state index contributed by atoms with van der Waals surface area (Å²) in [4.78, 5) is 46.0. The Labute approximate surface area is 411 Å². The number of carbonyl (C=O) groups is 3. The van der Waals surface area contributed by atoms with E-state index >= 15 is 0 Å². The topological polar surface area (TPSA) is 113 Å². The van der Waals surface area contributed by atoms with E-state index in [1.807, 2.05) is 28.2 Å². The van der Waals surface area contributed by atoms with Crippen molar-refractivity contribution in [1.29, 1.82) is 0 Å². The molecule has 1 saturated heterocycles. The highest BCUT2D eigenvalue weighted by molar-refractivity contribution is 5.85. The molecule has 0 aromatic heterocycles. The number of ether oxygens (including phenoxy) is 3. The van der Waals surface area contributed by atoms with Crippen LogP contribution in [0.1, 0.15) is 187 Å². The predicted molar refractivity (Wildman–Crippen MR) is 281 cm³/mol. The number of rotatable bonds is 46. The Hall–Kier alpha value is -2.83. The number of allylic oxidation sites excluding steroid dienone is 8. The number of nitrogens with zero attached hydrogens (tertiary/aromatic N) is 3. The number of nitrogens with one attached hydrogen (secondary N) is 2.